The highest BCUT2D eigenvalue weighted by molar-refractivity contribution is 6.29. The summed E-state index contributed by atoms with van der Waals surface area (Å²) in [7, 11) is 1.82. The summed E-state index contributed by atoms with van der Waals surface area (Å²) < 4.78 is 7.81. The highest BCUT2D eigenvalue weighted by Gasteiger charge is 2.14. The number of hydrogen-bond acceptors (Lipinski definition) is 5. The Balaban J connectivity index is 1.99. The minimum Gasteiger partial charge on any atom is -0.438 e. The summed E-state index contributed by atoms with van der Waals surface area (Å²) in [4.78, 5) is 8.27. The van der Waals surface area contributed by atoms with Crippen LogP contribution in [0.4, 0.5) is 0 Å². The number of rotatable bonds is 7. The van der Waals surface area contributed by atoms with Gasteiger partial charge in [-0.05, 0) is 19.7 Å². The first kappa shape index (κ1) is 20.5. The monoisotopic (exact) mass is 407 g/mol. The van der Waals surface area contributed by atoms with Crippen LogP contribution in [0.15, 0.2) is 71.4 Å². The first-order valence-electron chi connectivity index (χ1n) is 8.99. The van der Waals surface area contributed by atoms with Crippen LogP contribution in [0.25, 0.3) is 17.0 Å². The van der Waals surface area contributed by atoms with Crippen LogP contribution in [-0.2, 0) is 7.05 Å². The van der Waals surface area contributed by atoms with Crippen LogP contribution >= 0.6 is 11.6 Å². The van der Waals surface area contributed by atoms with E-state index < -0.39 is 0 Å². The molecule has 2 heterocycles. The molecular formula is C22H22ClN5O. The molecule has 0 aliphatic carbocycles. The van der Waals surface area contributed by atoms with Crippen LogP contribution in [0.3, 0.4) is 0 Å². The van der Waals surface area contributed by atoms with E-state index in [1.54, 1.807) is 16.9 Å². The van der Waals surface area contributed by atoms with E-state index in [9.17, 15) is 0 Å². The zero-order valence-electron chi connectivity index (χ0n) is 16.3. The third-order valence-corrected chi connectivity index (χ3v) is 4.45. The predicted octanol–water partition coefficient (Wildman–Crippen LogP) is 4.87. The number of ether oxygens (including phenoxy) is 1. The molecule has 7 heteroatoms. The fourth-order valence-corrected chi connectivity index (χ4v) is 2.76. The topological polar surface area (TPSA) is 78.3 Å². The van der Waals surface area contributed by atoms with E-state index in [2.05, 4.69) is 21.8 Å². The van der Waals surface area contributed by atoms with Gasteiger partial charge in [0.15, 0.2) is 0 Å². The van der Waals surface area contributed by atoms with Crippen molar-refractivity contribution in [1.82, 2.24) is 14.8 Å². The van der Waals surface area contributed by atoms with Crippen molar-refractivity contribution in [2.45, 2.75) is 6.92 Å². The molecule has 0 spiro atoms. The van der Waals surface area contributed by atoms with Crippen LogP contribution in [0.5, 0.6) is 11.6 Å². The fraction of sp³-hybridized carbons (Fsp3) is 0.136. The Bertz CT molecular complexity index is 1070. The van der Waals surface area contributed by atoms with Crippen LogP contribution in [0.1, 0.15) is 12.5 Å². The van der Waals surface area contributed by atoms with Crippen molar-refractivity contribution >= 4 is 24.0 Å². The molecule has 3 rings (SSSR count). The first-order chi connectivity index (χ1) is 14.0. The number of nitrogens with two attached hydrogens (primary N) is 1. The number of pyridine rings is 1. The Morgan fingerprint density at radius 1 is 1.28 bits per heavy atom. The molecule has 29 heavy (non-hydrogen) atoms. The van der Waals surface area contributed by atoms with Crippen molar-refractivity contribution in [1.29, 1.82) is 0 Å². The van der Waals surface area contributed by atoms with E-state index in [-0.39, 0.29) is 0 Å². The van der Waals surface area contributed by atoms with E-state index in [0.29, 0.717) is 34.6 Å². The Labute approximate surface area is 175 Å². The van der Waals surface area contributed by atoms with Crippen molar-refractivity contribution in [3.8, 4) is 22.9 Å². The van der Waals surface area contributed by atoms with Gasteiger partial charge in [0.05, 0.1) is 17.0 Å². The molecule has 0 radical (unpaired) electrons. The number of aliphatic imine (C=N–C) groups is 1. The van der Waals surface area contributed by atoms with Gasteiger partial charge in [-0.25, -0.2) is 9.67 Å². The molecule has 0 bridgehead atoms. The SMILES string of the molecule is C=N/C(=C\C=C(/C)CN)c1cnc(Cl)cc1Oc1cc(-c2ccccc2)nn1C. The second-order valence-corrected chi connectivity index (χ2v) is 6.78. The third-order valence-electron chi connectivity index (χ3n) is 4.25. The fourth-order valence-electron chi connectivity index (χ4n) is 2.62. The van der Waals surface area contributed by atoms with Gasteiger partial charge in [-0.3, -0.25) is 4.99 Å². The Morgan fingerprint density at radius 3 is 2.72 bits per heavy atom. The molecule has 0 saturated carbocycles. The molecule has 0 saturated heterocycles. The number of halogens is 1. The van der Waals surface area contributed by atoms with Crippen molar-refractivity contribution in [3.05, 3.63) is 77.1 Å². The number of benzene rings is 1. The number of aryl methyl sites for hydroxylation is 1. The van der Waals surface area contributed by atoms with Gasteiger partial charge >= 0.3 is 0 Å². The minimum absolute atomic E-state index is 0.311. The van der Waals surface area contributed by atoms with E-state index in [0.717, 1.165) is 16.8 Å². The van der Waals surface area contributed by atoms with Gasteiger partial charge in [-0.2, -0.15) is 5.10 Å². The average molecular weight is 408 g/mol. The van der Waals surface area contributed by atoms with Crippen molar-refractivity contribution in [3.63, 3.8) is 0 Å². The van der Waals surface area contributed by atoms with Crippen LogP contribution in [-0.4, -0.2) is 28.0 Å². The van der Waals surface area contributed by atoms with E-state index >= 15 is 0 Å². The normalized spacial score (nSPS) is 12.1. The Hall–Kier alpha value is -3.22. The largest absolute Gasteiger partial charge is 0.438 e. The molecular weight excluding hydrogens is 386 g/mol. The quantitative estimate of drug-likeness (QED) is 0.344. The lowest BCUT2D eigenvalue weighted by molar-refractivity contribution is 0.429. The summed E-state index contributed by atoms with van der Waals surface area (Å²) in [6, 6.07) is 13.4. The average Bonchev–Trinajstić information content (AvgIpc) is 3.10. The molecule has 1 aromatic carbocycles. The van der Waals surface area contributed by atoms with E-state index in [4.69, 9.17) is 22.1 Å². The second-order valence-electron chi connectivity index (χ2n) is 6.39. The molecule has 0 fully saturated rings. The summed E-state index contributed by atoms with van der Waals surface area (Å²) in [5.74, 6) is 1.06. The number of allylic oxidation sites excluding steroid dienone is 2. The second kappa shape index (κ2) is 9.32. The molecule has 2 N–H and O–H groups in total. The van der Waals surface area contributed by atoms with Crippen molar-refractivity contribution in [2.24, 2.45) is 17.8 Å². The van der Waals surface area contributed by atoms with E-state index in [1.807, 2.05) is 62.5 Å². The van der Waals surface area contributed by atoms with Crippen LogP contribution in [0.2, 0.25) is 5.15 Å². The van der Waals surface area contributed by atoms with Crippen molar-refractivity contribution in [2.75, 3.05) is 6.54 Å². The molecule has 0 unspecified atom stereocenters. The molecule has 0 atom stereocenters. The van der Waals surface area contributed by atoms with Gasteiger partial charge in [-0.15, -0.1) is 0 Å². The molecule has 148 valence electrons. The highest BCUT2D eigenvalue weighted by Crippen LogP contribution is 2.33. The van der Waals surface area contributed by atoms with E-state index in [1.165, 1.54) is 0 Å². The smallest absolute Gasteiger partial charge is 0.218 e. The highest BCUT2D eigenvalue weighted by atomic mass is 35.5. The zero-order chi connectivity index (χ0) is 20.8. The zero-order valence-corrected chi connectivity index (χ0v) is 17.1. The Morgan fingerprint density at radius 2 is 2.03 bits per heavy atom. The van der Waals surface area contributed by atoms with Crippen LogP contribution in [0, 0.1) is 0 Å². The minimum atomic E-state index is 0.311. The van der Waals surface area contributed by atoms with Gasteiger partial charge in [0, 0.05) is 37.5 Å². The lowest BCUT2D eigenvalue weighted by Crippen LogP contribution is -1.99. The van der Waals surface area contributed by atoms with Gasteiger partial charge in [-0.1, -0.05) is 53.6 Å². The Kier molecular flexibility index (Phi) is 6.59. The van der Waals surface area contributed by atoms with Crippen LogP contribution < -0.4 is 10.5 Å². The summed E-state index contributed by atoms with van der Waals surface area (Å²) in [6.45, 7) is 6.06. The summed E-state index contributed by atoms with van der Waals surface area (Å²) in [6.07, 6.45) is 5.32. The number of aromatic nitrogens is 3. The lowest BCUT2D eigenvalue weighted by Gasteiger charge is -2.11. The molecule has 3 aromatic rings. The van der Waals surface area contributed by atoms with Gasteiger partial charge in [0.25, 0.3) is 0 Å². The maximum Gasteiger partial charge on any atom is 0.218 e. The molecule has 2 aromatic heterocycles. The standard InChI is InChI=1S/C22H22ClN5O/c1-15(13-24)9-10-18(25-2)17-14-26-21(23)12-20(17)29-22-11-19(27-28(22)3)16-7-5-4-6-8-16/h4-12,14H,2,13,24H2,1,3H3/b15-9+,18-10-. The molecule has 0 aliphatic rings. The maximum atomic E-state index is 6.14. The molecule has 0 aliphatic heterocycles. The summed E-state index contributed by atoms with van der Waals surface area (Å²) in [5.41, 5.74) is 9.73. The lowest BCUT2D eigenvalue weighted by atomic mass is 10.1. The maximum absolute atomic E-state index is 6.14. The van der Waals surface area contributed by atoms with Gasteiger partial charge < -0.3 is 10.5 Å². The number of hydrogen-bond donors (Lipinski definition) is 1. The molecule has 0 amide bonds. The van der Waals surface area contributed by atoms with Gasteiger partial charge in [0.2, 0.25) is 5.88 Å². The summed E-state index contributed by atoms with van der Waals surface area (Å²) in [5, 5.41) is 4.85. The third kappa shape index (κ3) is 4.99. The first-order valence-corrected chi connectivity index (χ1v) is 9.37. The number of nitrogens with zero attached hydrogens (tertiary/aromatic N) is 4. The molecule has 6 nitrogen and oxygen atoms in total. The summed E-state index contributed by atoms with van der Waals surface area (Å²) >= 11 is 6.11. The van der Waals surface area contributed by atoms with Gasteiger partial charge in [0.1, 0.15) is 10.9 Å². The van der Waals surface area contributed by atoms with Crippen molar-refractivity contribution < 1.29 is 4.74 Å². The predicted molar refractivity (Wildman–Crippen MR) is 118 cm³/mol.